The van der Waals surface area contributed by atoms with Crippen LogP contribution in [0.15, 0.2) is 48.7 Å². The highest BCUT2D eigenvalue weighted by atomic mass is 15.3. The Bertz CT molecular complexity index is 600. The number of aromatic nitrogens is 1. The zero-order chi connectivity index (χ0) is 14.7. The molecule has 21 heavy (non-hydrogen) atoms. The molecule has 0 saturated carbocycles. The van der Waals surface area contributed by atoms with E-state index in [0.717, 1.165) is 31.9 Å². The van der Waals surface area contributed by atoms with Crippen molar-refractivity contribution in [3.63, 3.8) is 0 Å². The number of amidine groups is 1. The summed E-state index contributed by atoms with van der Waals surface area (Å²) in [6.45, 7) is 3.93. The third-order valence-corrected chi connectivity index (χ3v) is 3.79. The third-order valence-electron chi connectivity index (χ3n) is 3.79. The van der Waals surface area contributed by atoms with Gasteiger partial charge in [0, 0.05) is 31.9 Å². The highest BCUT2D eigenvalue weighted by Gasteiger charge is 2.17. The van der Waals surface area contributed by atoms with Crippen LogP contribution in [0.2, 0.25) is 0 Å². The van der Waals surface area contributed by atoms with Gasteiger partial charge in [0.2, 0.25) is 0 Å². The van der Waals surface area contributed by atoms with Crippen LogP contribution < -0.4 is 15.5 Å². The van der Waals surface area contributed by atoms with Gasteiger partial charge in [0.15, 0.2) is 0 Å². The Morgan fingerprint density at radius 2 is 1.52 bits per heavy atom. The van der Waals surface area contributed by atoms with Crippen molar-refractivity contribution in [3.8, 4) is 0 Å². The van der Waals surface area contributed by atoms with E-state index < -0.39 is 0 Å². The van der Waals surface area contributed by atoms with Gasteiger partial charge in [-0.05, 0) is 24.3 Å². The molecule has 1 aliphatic rings. The number of pyridine rings is 1. The number of anilines is 2. The molecule has 0 aliphatic carbocycles. The SMILES string of the molecule is N=C(N)c1ccc(N2CCN(c3ccccc3)CC2)cn1. The number of nitrogen functional groups attached to an aromatic ring is 1. The maximum absolute atomic E-state index is 7.37. The summed E-state index contributed by atoms with van der Waals surface area (Å²) in [6, 6.07) is 14.3. The first-order valence-corrected chi connectivity index (χ1v) is 7.09. The van der Waals surface area contributed by atoms with E-state index in [2.05, 4.69) is 39.0 Å². The number of hydrogen-bond acceptors (Lipinski definition) is 4. The van der Waals surface area contributed by atoms with E-state index in [-0.39, 0.29) is 5.84 Å². The molecule has 2 heterocycles. The van der Waals surface area contributed by atoms with E-state index in [1.807, 2.05) is 12.1 Å². The van der Waals surface area contributed by atoms with Crippen LogP contribution in [0.5, 0.6) is 0 Å². The molecular weight excluding hydrogens is 262 g/mol. The van der Waals surface area contributed by atoms with Crippen molar-refractivity contribution >= 4 is 17.2 Å². The van der Waals surface area contributed by atoms with E-state index in [9.17, 15) is 0 Å². The molecule has 108 valence electrons. The Morgan fingerprint density at radius 3 is 2.05 bits per heavy atom. The molecule has 1 aromatic carbocycles. The van der Waals surface area contributed by atoms with Crippen molar-refractivity contribution in [1.29, 1.82) is 5.41 Å². The second-order valence-corrected chi connectivity index (χ2v) is 5.12. The predicted molar refractivity (Wildman–Crippen MR) is 86.1 cm³/mol. The fraction of sp³-hybridized carbons (Fsp3) is 0.250. The molecule has 0 unspecified atom stereocenters. The molecule has 1 saturated heterocycles. The lowest BCUT2D eigenvalue weighted by Crippen LogP contribution is -2.46. The number of para-hydroxylation sites is 1. The third kappa shape index (κ3) is 2.97. The molecule has 5 heteroatoms. The van der Waals surface area contributed by atoms with Crippen LogP contribution in [0.3, 0.4) is 0 Å². The summed E-state index contributed by atoms with van der Waals surface area (Å²) in [6.07, 6.45) is 1.80. The Kier molecular flexibility index (Phi) is 3.73. The molecule has 3 N–H and O–H groups in total. The summed E-state index contributed by atoms with van der Waals surface area (Å²) in [5.41, 5.74) is 8.33. The summed E-state index contributed by atoms with van der Waals surface area (Å²) in [5.74, 6) is 0.00967. The number of nitrogens with one attached hydrogen (secondary N) is 1. The molecular formula is C16H19N5. The van der Waals surface area contributed by atoms with Crippen molar-refractivity contribution in [2.75, 3.05) is 36.0 Å². The molecule has 2 aromatic rings. The van der Waals surface area contributed by atoms with E-state index in [1.165, 1.54) is 5.69 Å². The van der Waals surface area contributed by atoms with Gasteiger partial charge in [0.1, 0.15) is 11.5 Å². The first kappa shape index (κ1) is 13.4. The Labute approximate surface area is 124 Å². The number of piperazine rings is 1. The number of rotatable bonds is 3. The van der Waals surface area contributed by atoms with Crippen LogP contribution in [0.1, 0.15) is 5.69 Å². The molecule has 0 amide bonds. The molecule has 1 fully saturated rings. The van der Waals surface area contributed by atoms with Crippen molar-refractivity contribution in [2.45, 2.75) is 0 Å². The molecule has 0 atom stereocenters. The van der Waals surface area contributed by atoms with E-state index in [1.54, 1.807) is 12.3 Å². The largest absolute Gasteiger partial charge is 0.382 e. The topological polar surface area (TPSA) is 69.2 Å². The standard InChI is InChI=1S/C16H19N5/c17-16(18)15-7-6-14(12-19-15)21-10-8-20(9-11-21)13-4-2-1-3-5-13/h1-7,12H,8-11H2,(H3,17,18). The van der Waals surface area contributed by atoms with Gasteiger partial charge in [-0.15, -0.1) is 0 Å². The van der Waals surface area contributed by atoms with E-state index >= 15 is 0 Å². The maximum Gasteiger partial charge on any atom is 0.141 e. The molecule has 0 spiro atoms. The first-order chi connectivity index (χ1) is 10.2. The number of nitrogens with two attached hydrogens (primary N) is 1. The zero-order valence-electron chi connectivity index (χ0n) is 11.9. The summed E-state index contributed by atoms with van der Waals surface area (Å²) in [4.78, 5) is 8.94. The number of hydrogen-bond donors (Lipinski definition) is 2. The number of benzene rings is 1. The van der Waals surface area contributed by atoms with Gasteiger partial charge in [-0.25, -0.2) is 0 Å². The molecule has 3 rings (SSSR count). The highest BCUT2D eigenvalue weighted by molar-refractivity contribution is 5.93. The van der Waals surface area contributed by atoms with Gasteiger partial charge in [-0.2, -0.15) is 0 Å². The van der Waals surface area contributed by atoms with Crippen molar-refractivity contribution in [1.82, 2.24) is 4.98 Å². The minimum Gasteiger partial charge on any atom is -0.382 e. The molecule has 0 bridgehead atoms. The zero-order valence-corrected chi connectivity index (χ0v) is 11.9. The summed E-state index contributed by atoms with van der Waals surface area (Å²) in [7, 11) is 0. The van der Waals surface area contributed by atoms with Gasteiger partial charge in [-0.3, -0.25) is 10.4 Å². The van der Waals surface area contributed by atoms with E-state index in [0.29, 0.717) is 5.69 Å². The highest BCUT2D eigenvalue weighted by Crippen LogP contribution is 2.19. The summed E-state index contributed by atoms with van der Waals surface area (Å²) < 4.78 is 0. The van der Waals surface area contributed by atoms with Crippen LogP contribution in [-0.4, -0.2) is 37.0 Å². The van der Waals surface area contributed by atoms with Gasteiger partial charge in [-0.1, -0.05) is 18.2 Å². The van der Waals surface area contributed by atoms with E-state index in [4.69, 9.17) is 11.1 Å². The van der Waals surface area contributed by atoms with Crippen LogP contribution >= 0.6 is 0 Å². The Morgan fingerprint density at radius 1 is 0.905 bits per heavy atom. The van der Waals surface area contributed by atoms with Crippen LogP contribution in [0.4, 0.5) is 11.4 Å². The Hall–Kier alpha value is -2.56. The van der Waals surface area contributed by atoms with Crippen LogP contribution in [-0.2, 0) is 0 Å². The first-order valence-electron chi connectivity index (χ1n) is 7.09. The van der Waals surface area contributed by atoms with Crippen molar-refractivity contribution in [2.24, 2.45) is 5.73 Å². The predicted octanol–water partition coefficient (Wildman–Crippen LogP) is 1.69. The monoisotopic (exact) mass is 281 g/mol. The summed E-state index contributed by atoms with van der Waals surface area (Å²) in [5, 5.41) is 7.37. The summed E-state index contributed by atoms with van der Waals surface area (Å²) >= 11 is 0. The quantitative estimate of drug-likeness (QED) is 0.663. The molecule has 1 aromatic heterocycles. The molecule has 0 radical (unpaired) electrons. The fourth-order valence-electron chi connectivity index (χ4n) is 2.59. The average molecular weight is 281 g/mol. The van der Waals surface area contributed by atoms with Crippen molar-refractivity contribution in [3.05, 3.63) is 54.4 Å². The maximum atomic E-state index is 7.37. The number of nitrogens with zero attached hydrogens (tertiary/aromatic N) is 3. The van der Waals surface area contributed by atoms with Gasteiger partial charge < -0.3 is 15.5 Å². The average Bonchev–Trinajstić information content (AvgIpc) is 2.56. The van der Waals surface area contributed by atoms with Crippen molar-refractivity contribution < 1.29 is 0 Å². The normalized spacial score (nSPS) is 15.0. The van der Waals surface area contributed by atoms with Crippen LogP contribution in [0.25, 0.3) is 0 Å². The minimum atomic E-state index is 0.00967. The van der Waals surface area contributed by atoms with Gasteiger partial charge >= 0.3 is 0 Å². The lowest BCUT2D eigenvalue weighted by Gasteiger charge is -2.37. The van der Waals surface area contributed by atoms with Gasteiger partial charge in [0.05, 0.1) is 11.9 Å². The molecule has 5 nitrogen and oxygen atoms in total. The molecule has 1 aliphatic heterocycles. The lowest BCUT2D eigenvalue weighted by molar-refractivity contribution is 0.653. The second-order valence-electron chi connectivity index (χ2n) is 5.12. The van der Waals surface area contributed by atoms with Gasteiger partial charge in [0.25, 0.3) is 0 Å². The fourth-order valence-corrected chi connectivity index (χ4v) is 2.59. The second kappa shape index (κ2) is 5.83. The lowest BCUT2D eigenvalue weighted by atomic mass is 10.2. The van der Waals surface area contributed by atoms with Crippen LogP contribution in [0, 0.1) is 5.41 Å². The Balaban J connectivity index is 1.64. The minimum absolute atomic E-state index is 0.00967. The smallest absolute Gasteiger partial charge is 0.141 e.